The van der Waals surface area contributed by atoms with Crippen LogP contribution in [0.3, 0.4) is 0 Å². The molecule has 0 aromatic heterocycles. The van der Waals surface area contributed by atoms with Crippen molar-refractivity contribution in [3.63, 3.8) is 0 Å². The average Bonchev–Trinajstić information content (AvgIpc) is 2.85. The van der Waals surface area contributed by atoms with E-state index in [9.17, 15) is 9.59 Å². The number of fused-ring (bicyclic) bond motifs is 2. The number of hydrogen-bond donors (Lipinski definition) is 0. The van der Waals surface area contributed by atoms with Gasteiger partial charge in [0.1, 0.15) is 0 Å². The first-order chi connectivity index (χ1) is 16.5. The van der Waals surface area contributed by atoms with Crippen molar-refractivity contribution in [2.75, 3.05) is 18.6 Å². The molecule has 0 saturated heterocycles. The second kappa shape index (κ2) is 13.1. The number of ether oxygens (including phenoxy) is 1. The summed E-state index contributed by atoms with van der Waals surface area (Å²) < 4.78 is 4.88. The minimum absolute atomic E-state index is 0.103. The Morgan fingerprint density at radius 3 is 1.97 bits per heavy atom. The van der Waals surface area contributed by atoms with E-state index in [1.165, 1.54) is 68.3 Å². The lowest BCUT2D eigenvalue weighted by Gasteiger charge is -2.27. The number of carbonyl (C=O) groups is 2. The van der Waals surface area contributed by atoms with Crippen molar-refractivity contribution in [2.45, 2.75) is 77.6 Å². The zero-order chi connectivity index (χ0) is 24.4. The highest BCUT2D eigenvalue weighted by Crippen LogP contribution is 2.39. The Labute approximate surface area is 210 Å². The topological polar surface area (TPSA) is 43.4 Å². The summed E-state index contributed by atoms with van der Waals surface area (Å²) in [6.45, 7) is 3.95. The Balaban J connectivity index is 1.29. The summed E-state index contributed by atoms with van der Waals surface area (Å²) in [6, 6.07) is 16.3. The van der Waals surface area contributed by atoms with Crippen LogP contribution in [0.4, 0.5) is 0 Å². The zero-order valence-electron chi connectivity index (χ0n) is 21.1. The third-order valence-corrected chi connectivity index (χ3v) is 8.18. The number of methoxy groups -OCH3 is 1. The lowest BCUT2D eigenvalue weighted by molar-refractivity contribution is -0.151. The summed E-state index contributed by atoms with van der Waals surface area (Å²) in [4.78, 5) is 24.6. The van der Waals surface area contributed by atoms with Gasteiger partial charge in [-0.15, -0.1) is 0 Å². The van der Waals surface area contributed by atoms with Crippen LogP contribution < -0.4 is 0 Å². The number of rotatable bonds is 14. The SMILES string of the molecule is COC(=O)C(C)(C)CCCCCCCSCCCCC1c2ccccc2C(=O)c2ccccc21. The first kappa shape index (κ1) is 26.5. The van der Waals surface area contributed by atoms with E-state index < -0.39 is 0 Å². The third kappa shape index (κ3) is 6.97. The average molecular weight is 481 g/mol. The first-order valence-electron chi connectivity index (χ1n) is 12.8. The molecule has 0 radical (unpaired) electrons. The molecule has 34 heavy (non-hydrogen) atoms. The molecule has 2 aromatic rings. The molecule has 4 heteroatoms. The second-order valence-corrected chi connectivity index (χ2v) is 11.3. The molecule has 0 aliphatic heterocycles. The maximum absolute atomic E-state index is 12.9. The highest BCUT2D eigenvalue weighted by Gasteiger charge is 2.30. The highest BCUT2D eigenvalue weighted by atomic mass is 32.2. The fourth-order valence-electron chi connectivity index (χ4n) is 4.97. The van der Waals surface area contributed by atoms with Gasteiger partial charge >= 0.3 is 5.97 Å². The van der Waals surface area contributed by atoms with Gasteiger partial charge in [0.2, 0.25) is 0 Å². The van der Waals surface area contributed by atoms with E-state index in [0.717, 1.165) is 30.4 Å². The summed E-state index contributed by atoms with van der Waals surface area (Å²) in [5, 5.41) is 0. The van der Waals surface area contributed by atoms with Crippen LogP contribution >= 0.6 is 11.8 Å². The van der Waals surface area contributed by atoms with Gasteiger partial charge in [-0.1, -0.05) is 80.6 Å². The lowest BCUT2D eigenvalue weighted by Crippen LogP contribution is -2.25. The fourth-order valence-corrected chi connectivity index (χ4v) is 5.99. The van der Waals surface area contributed by atoms with Crippen LogP contribution in [0.15, 0.2) is 48.5 Å². The van der Waals surface area contributed by atoms with Gasteiger partial charge in [0, 0.05) is 17.0 Å². The second-order valence-electron chi connectivity index (χ2n) is 10.1. The van der Waals surface area contributed by atoms with Gasteiger partial charge in [-0.2, -0.15) is 11.8 Å². The normalized spacial score (nSPS) is 13.4. The van der Waals surface area contributed by atoms with Gasteiger partial charge in [-0.3, -0.25) is 9.59 Å². The van der Waals surface area contributed by atoms with Crippen molar-refractivity contribution in [2.24, 2.45) is 5.41 Å². The Hall–Kier alpha value is -2.07. The highest BCUT2D eigenvalue weighted by molar-refractivity contribution is 7.99. The van der Waals surface area contributed by atoms with Gasteiger partial charge in [-0.25, -0.2) is 0 Å². The first-order valence-corrected chi connectivity index (χ1v) is 14.0. The van der Waals surface area contributed by atoms with E-state index >= 15 is 0 Å². The molecule has 0 N–H and O–H groups in total. The molecule has 0 fully saturated rings. The fraction of sp³-hybridized carbons (Fsp3) is 0.533. The molecule has 0 spiro atoms. The minimum atomic E-state index is -0.359. The Morgan fingerprint density at radius 2 is 1.35 bits per heavy atom. The van der Waals surface area contributed by atoms with Crippen molar-refractivity contribution < 1.29 is 14.3 Å². The molecule has 2 aromatic carbocycles. The maximum atomic E-state index is 12.9. The predicted molar refractivity (Wildman–Crippen MR) is 143 cm³/mol. The predicted octanol–water partition coefficient (Wildman–Crippen LogP) is 7.81. The van der Waals surface area contributed by atoms with E-state index in [1.54, 1.807) is 0 Å². The van der Waals surface area contributed by atoms with E-state index in [4.69, 9.17) is 4.74 Å². The molecular formula is C30H40O3S. The number of benzene rings is 2. The summed E-state index contributed by atoms with van der Waals surface area (Å²) in [6.07, 6.45) is 10.5. The van der Waals surface area contributed by atoms with E-state index in [1.807, 2.05) is 38.1 Å². The molecule has 0 bridgehead atoms. The lowest BCUT2D eigenvalue weighted by atomic mass is 9.75. The Morgan fingerprint density at radius 1 is 0.824 bits per heavy atom. The molecule has 3 rings (SSSR count). The quantitative estimate of drug-likeness (QED) is 0.204. The van der Waals surface area contributed by atoms with Crippen molar-refractivity contribution in [1.82, 2.24) is 0 Å². The molecule has 0 heterocycles. The van der Waals surface area contributed by atoms with Crippen molar-refractivity contribution in [3.05, 3.63) is 70.8 Å². The van der Waals surface area contributed by atoms with Crippen molar-refractivity contribution >= 4 is 23.5 Å². The zero-order valence-corrected chi connectivity index (χ0v) is 21.9. The molecular weight excluding hydrogens is 440 g/mol. The molecule has 1 aliphatic carbocycles. The third-order valence-electron chi connectivity index (χ3n) is 7.02. The molecule has 0 amide bonds. The maximum Gasteiger partial charge on any atom is 0.311 e. The summed E-state index contributed by atoms with van der Waals surface area (Å²) in [5.74, 6) is 2.85. The summed E-state index contributed by atoms with van der Waals surface area (Å²) in [7, 11) is 1.47. The number of thioether (sulfide) groups is 1. The van der Waals surface area contributed by atoms with Gasteiger partial charge in [0.25, 0.3) is 0 Å². The standard InChI is InChI=1S/C30H40O3S/c1-30(2,29(32)33-3)20-12-5-4-6-13-21-34-22-14-11-17-23-24-15-7-9-18-26(24)28(31)27-19-10-8-16-25(23)27/h7-10,15-16,18-19,23H,4-6,11-14,17,20-22H2,1-3H3. The van der Waals surface area contributed by atoms with Crippen LogP contribution in [0.25, 0.3) is 0 Å². The monoisotopic (exact) mass is 480 g/mol. The van der Waals surface area contributed by atoms with Crippen LogP contribution in [0.5, 0.6) is 0 Å². The Bertz CT molecular complexity index is 900. The van der Waals surface area contributed by atoms with Gasteiger partial charge in [0.15, 0.2) is 5.78 Å². The number of unbranched alkanes of at least 4 members (excludes halogenated alkanes) is 5. The molecule has 0 saturated carbocycles. The largest absolute Gasteiger partial charge is 0.469 e. The number of hydrogen-bond acceptors (Lipinski definition) is 4. The van der Waals surface area contributed by atoms with Gasteiger partial charge in [-0.05, 0) is 62.2 Å². The number of esters is 1. The van der Waals surface area contributed by atoms with Gasteiger partial charge in [0.05, 0.1) is 12.5 Å². The van der Waals surface area contributed by atoms with Crippen LogP contribution in [0.2, 0.25) is 0 Å². The van der Waals surface area contributed by atoms with E-state index in [2.05, 4.69) is 36.0 Å². The number of carbonyl (C=O) groups excluding carboxylic acids is 2. The molecule has 3 nitrogen and oxygen atoms in total. The molecule has 0 unspecified atom stereocenters. The van der Waals surface area contributed by atoms with Crippen LogP contribution in [0, 0.1) is 5.41 Å². The minimum Gasteiger partial charge on any atom is -0.469 e. The van der Waals surface area contributed by atoms with E-state index in [0.29, 0.717) is 5.92 Å². The van der Waals surface area contributed by atoms with Gasteiger partial charge < -0.3 is 4.74 Å². The molecule has 1 aliphatic rings. The smallest absolute Gasteiger partial charge is 0.311 e. The van der Waals surface area contributed by atoms with E-state index in [-0.39, 0.29) is 17.2 Å². The summed E-state index contributed by atoms with van der Waals surface area (Å²) in [5.41, 5.74) is 3.81. The van der Waals surface area contributed by atoms with Crippen LogP contribution in [-0.2, 0) is 9.53 Å². The molecule has 184 valence electrons. The van der Waals surface area contributed by atoms with Crippen LogP contribution in [0.1, 0.15) is 105 Å². The Kier molecular flexibility index (Phi) is 10.2. The number of ketones is 1. The van der Waals surface area contributed by atoms with Crippen LogP contribution in [-0.4, -0.2) is 30.4 Å². The van der Waals surface area contributed by atoms with Crippen molar-refractivity contribution in [1.29, 1.82) is 0 Å². The van der Waals surface area contributed by atoms with Crippen molar-refractivity contribution in [3.8, 4) is 0 Å². The summed E-state index contributed by atoms with van der Waals surface area (Å²) >= 11 is 2.07. The molecule has 0 atom stereocenters.